The van der Waals surface area contributed by atoms with Crippen molar-refractivity contribution in [2.45, 2.75) is 0 Å². The number of hydrogen-bond donors (Lipinski definition) is 0. The van der Waals surface area contributed by atoms with Crippen LogP contribution in [-0.4, -0.2) is 24.7 Å². The molecule has 76 valence electrons. The molecule has 0 fully saturated rings. The van der Waals surface area contributed by atoms with E-state index in [4.69, 9.17) is 0 Å². The van der Waals surface area contributed by atoms with E-state index in [-0.39, 0.29) is 0 Å². The van der Waals surface area contributed by atoms with Gasteiger partial charge in [-0.25, -0.2) is 4.98 Å². The van der Waals surface area contributed by atoms with E-state index < -0.39 is 10.9 Å². The fraction of sp³-hybridized carbons (Fsp3) is 0. The molecule has 0 saturated carbocycles. The summed E-state index contributed by atoms with van der Waals surface area (Å²) in [7, 11) is 0. The Hall–Kier alpha value is -1.83. The average Bonchev–Trinajstić information content (AvgIpc) is 2.67. The summed E-state index contributed by atoms with van der Waals surface area (Å²) in [4.78, 5) is 17.2. The predicted molar refractivity (Wildman–Crippen MR) is 53.5 cm³/mol. The van der Waals surface area contributed by atoms with Crippen LogP contribution in [0.2, 0.25) is 0 Å². The fourth-order valence-electron chi connectivity index (χ4n) is 0.986. The SMILES string of the molecule is O=[N+]([O-])c1ncn(-c2ncccc2Br)n1. The maximum atomic E-state index is 10.4. The van der Waals surface area contributed by atoms with E-state index in [1.807, 2.05) is 0 Å². The van der Waals surface area contributed by atoms with E-state index in [0.29, 0.717) is 10.3 Å². The van der Waals surface area contributed by atoms with Crippen LogP contribution < -0.4 is 0 Å². The monoisotopic (exact) mass is 269 g/mol. The van der Waals surface area contributed by atoms with Crippen LogP contribution in [0.1, 0.15) is 0 Å². The smallest absolute Gasteiger partial charge is 0.390 e. The van der Waals surface area contributed by atoms with Gasteiger partial charge in [0.05, 0.1) is 4.47 Å². The van der Waals surface area contributed by atoms with Gasteiger partial charge < -0.3 is 10.1 Å². The van der Waals surface area contributed by atoms with Gasteiger partial charge in [0.1, 0.15) is 0 Å². The normalized spacial score (nSPS) is 10.2. The minimum absolute atomic E-state index is 0.451. The van der Waals surface area contributed by atoms with Crippen molar-refractivity contribution in [3.8, 4) is 5.82 Å². The lowest BCUT2D eigenvalue weighted by Gasteiger charge is -1.96. The molecule has 0 bridgehead atoms. The molecule has 0 spiro atoms. The lowest BCUT2D eigenvalue weighted by Crippen LogP contribution is -1.99. The number of rotatable bonds is 2. The summed E-state index contributed by atoms with van der Waals surface area (Å²) in [6.07, 6.45) is 2.80. The van der Waals surface area contributed by atoms with E-state index in [1.165, 1.54) is 11.0 Å². The Morgan fingerprint density at radius 2 is 2.27 bits per heavy atom. The third kappa shape index (κ3) is 1.84. The van der Waals surface area contributed by atoms with Crippen LogP contribution in [0, 0.1) is 10.1 Å². The van der Waals surface area contributed by atoms with Gasteiger partial charge in [0.25, 0.3) is 0 Å². The van der Waals surface area contributed by atoms with Crippen molar-refractivity contribution in [2.24, 2.45) is 0 Å². The number of hydrogen-bond acceptors (Lipinski definition) is 5. The minimum atomic E-state index is -0.659. The molecule has 15 heavy (non-hydrogen) atoms. The van der Waals surface area contributed by atoms with Gasteiger partial charge in [-0.3, -0.25) is 0 Å². The van der Waals surface area contributed by atoms with Crippen LogP contribution in [-0.2, 0) is 0 Å². The second-order valence-electron chi connectivity index (χ2n) is 2.56. The van der Waals surface area contributed by atoms with Crippen LogP contribution in [0.3, 0.4) is 0 Å². The van der Waals surface area contributed by atoms with E-state index in [1.54, 1.807) is 18.3 Å². The van der Waals surface area contributed by atoms with E-state index in [9.17, 15) is 10.1 Å². The molecule has 0 radical (unpaired) electrons. The summed E-state index contributed by atoms with van der Waals surface area (Å²) in [6, 6.07) is 3.49. The molecule has 0 amide bonds. The Labute approximate surface area is 92.1 Å². The fourth-order valence-corrected chi connectivity index (χ4v) is 1.42. The maximum Gasteiger partial charge on any atom is 0.491 e. The van der Waals surface area contributed by atoms with Crippen molar-refractivity contribution in [2.75, 3.05) is 0 Å². The molecule has 0 aliphatic carbocycles. The molecular weight excluding hydrogens is 266 g/mol. The van der Waals surface area contributed by atoms with Gasteiger partial charge in [0.15, 0.2) is 5.82 Å². The zero-order valence-corrected chi connectivity index (χ0v) is 8.83. The number of nitro groups is 1. The van der Waals surface area contributed by atoms with Crippen LogP contribution in [0.15, 0.2) is 29.1 Å². The quantitative estimate of drug-likeness (QED) is 0.606. The molecule has 0 aliphatic heterocycles. The molecule has 8 heteroatoms. The van der Waals surface area contributed by atoms with Gasteiger partial charge in [-0.2, -0.15) is 0 Å². The predicted octanol–water partition coefficient (Wildman–Crippen LogP) is 1.33. The number of pyridine rings is 1. The summed E-state index contributed by atoms with van der Waals surface area (Å²) in [5.41, 5.74) is 0. The molecule has 0 N–H and O–H groups in total. The first kappa shape index (κ1) is 9.71. The van der Waals surface area contributed by atoms with Gasteiger partial charge in [0, 0.05) is 11.3 Å². The van der Waals surface area contributed by atoms with Crippen molar-refractivity contribution in [3.05, 3.63) is 39.2 Å². The van der Waals surface area contributed by atoms with E-state index >= 15 is 0 Å². The first-order valence-corrected chi connectivity index (χ1v) is 4.65. The first-order chi connectivity index (χ1) is 7.18. The van der Waals surface area contributed by atoms with Crippen molar-refractivity contribution in [1.29, 1.82) is 0 Å². The van der Waals surface area contributed by atoms with E-state index in [0.717, 1.165) is 0 Å². The number of nitrogens with zero attached hydrogens (tertiary/aromatic N) is 5. The van der Waals surface area contributed by atoms with Crippen molar-refractivity contribution in [3.63, 3.8) is 0 Å². The van der Waals surface area contributed by atoms with Crippen LogP contribution in [0.4, 0.5) is 5.95 Å². The van der Waals surface area contributed by atoms with E-state index in [2.05, 4.69) is 31.0 Å². The highest BCUT2D eigenvalue weighted by Gasteiger charge is 2.16. The molecular formula is C7H4BrN5O2. The Kier molecular flexibility index (Phi) is 2.42. The summed E-state index contributed by atoms with van der Waals surface area (Å²) in [6.45, 7) is 0. The van der Waals surface area contributed by atoms with Gasteiger partial charge in [-0.1, -0.05) is 4.98 Å². The average molecular weight is 270 g/mol. The minimum Gasteiger partial charge on any atom is -0.390 e. The standard InChI is InChI=1S/C7H4BrN5O2/c8-5-2-1-3-9-6(5)12-4-10-7(11-12)13(14)15/h1-4H. The highest BCUT2D eigenvalue weighted by atomic mass is 79.9. The molecule has 7 nitrogen and oxygen atoms in total. The highest BCUT2D eigenvalue weighted by molar-refractivity contribution is 9.10. The molecule has 0 atom stereocenters. The summed E-state index contributed by atoms with van der Waals surface area (Å²) in [5, 5.41) is 14.0. The van der Waals surface area contributed by atoms with Crippen molar-refractivity contribution >= 4 is 21.9 Å². The molecule has 0 unspecified atom stereocenters. The Balaban J connectivity index is 2.46. The van der Waals surface area contributed by atoms with Crippen LogP contribution in [0.5, 0.6) is 0 Å². The van der Waals surface area contributed by atoms with Crippen LogP contribution >= 0.6 is 15.9 Å². The largest absolute Gasteiger partial charge is 0.491 e. The number of halogens is 1. The van der Waals surface area contributed by atoms with Crippen molar-refractivity contribution < 1.29 is 4.92 Å². The molecule has 0 aliphatic rings. The van der Waals surface area contributed by atoms with Gasteiger partial charge in [0.2, 0.25) is 6.33 Å². The molecule has 2 aromatic heterocycles. The molecule has 2 heterocycles. The zero-order chi connectivity index (χ0) is 10.8. The summed E-state index contributed by atoms with van der Waals surface area (Å²) in [5.74, 6) is 0.00523. The third-order valence-electron chi connectivity index (χ3n) is 1.60. The molecule has 0 aromatic carbocycles. The summed E-state index contributed by atoms with van der Waals surface area (Å²) >= 11 is 3.26. The lowest BCUT2D eigenvalue weighted by atomic mass is 10.5. The highest BCUT2D eigenvalue weighted by Crippen LogP contribution is 2.17. The molecule has 2 rings (SSSR count). The van der Waals surface area contributed by atoms with Gasteiger partial charge >= 0.3 is 5.95 Å². The first-order valence-electron chi connectivity index (χ1n) is 3.85. The Morgan fingerprint density at radius 1 is 1.47 bits per heavy atom. The number of aromatic nitrogens is 4. The summed E-state index contributed by atoms with van der Waals surface area (Å²) < 4.78 is 1.92. The second-order valence-corrected chi connectivity index (χ2v) is 3.41. The second kappa shape index (κ2) is 3.73. The Morgan fingerprint density at radius 3 is 2.87 bits per heavy atom. The van der Waals surface area contributed by atoms with Crippen LogP contribution in [0.25, 0.3) is 5.82 Å². The third-order valence-corrected chi connectivity index (χ3v) is 2.22. The topological polar surface area (TPSA) is 86.7 Å². The van der Waals surface area contributed by atoms with Crippen molar-refractivity contribution in [1.82, 2.24) is 19.7 Å². The molecule has 2 aromatic rings. The maximum absolute atomic E-state index is 10.4. The van der Waals surface area contributed by atoms with Gasteiger partial charge in [-0.15, -0.1) is 4.68 Å². The Bertz CT molecular complexity index is 512. The lowest BCUT2D eigenvalue weighted by molar-refractivity contribution is -0.394. The zero-order valence-electron chi connectivity index (χ0n) is 7.24. The van der Waals surface area contributed by atoms with Gasteiger partial charge in [-0.05, 0) is 33.0 Å². The molecule has 0 saturated heterocycles.